The zero-order valence-corrected chi connectivity index (χ0v) is 14.0. The van der Waals surface area contributed by atoms with E-state index in [9.17, 15) is 14.4 Å². The second kappa shape index (κ2) is 8.44. The summed E-state index contributed by atoms with van der Waals surface area (Å²) in [6.45, 7) is 2.88. The normalized spacial score (nSPS) is 10.3. The fraction of sp³-hybridized carbons (Fsp3) is 0.105. The van der Waals surface area contributed by atoms with Gasteiger partial charge in [0.2, 0.25) is 17.7 Å². The number of benzene rings is 2. The molecule has 3 N–H and O–H groups in total. The molecule has 0 saturated heterocycles. The second-order valence-corrected chi connectivity index (χ2v) is 5.38. The summed E-state index contributed by atoms with van der Waals surface area (Å²) in [5.74, 6) is -0.547. The van der Waals surface area contributed by atoms with Gasteiger partial charge in [-0.15, -0.1) is 0 Å². The molecule has 0 aliphatic carbocycles. The molecule has 0 atom stereocenters. The summed E-state index contributed by atoms with van der Waals surface area (Å²) in [6.07, 6.45) is 3.10. The Balaban J connectivity index is 1.91. The Kier molecular flexibility index (Phi) is 6.06. The minimum Gasteiger partial charge on any atom is -0.326 e. The third kappa shape index (κ3) is 6.31. The number of amides is 3. The largest absolute Gasteiger partial charge is 0.326 e. The van der Waals surface area contributed by atoms with Crippen LogP contribution >= 0.6 is 0 Å². The van der Waals surface area contributed by atoms with E-state index in [4.69, 9.17) is 0 Å². The van der Waals surface area contributed by atoms with Crippen LogP contribution in [0.3, 0.4) is 0 Å². The van der Waals surface area contributed by atoms with E-state index in [2.05, 4.69) is 16.0 Å². The van der Waals surface area contributed by atoms with Gasteiger partial charge in [0.25, 0.3) is 0 Å². The monoisotopic (exact) mass is 337 g/mol. The third-order valence-electron chi connectivity index (χ3n) is 3.13. The number of anilines is 3. The van der Waals surface area contributed by atoms with Crippen LogP contribution in [0.4, 0.5) is 17.1 Å². The quantitative estimate of drug-likeness (QED) is 0.732. The highest BCUT2D eigenvalue weighted by molar-refractivity contribution is 6.02. The van der Waals surface area contributed by atoms with Crippen molar-refractivity contribution in [1.82, 2.24) is 0 Å². The first-order chi connectivity index (χ1) is 11.9. The Labute approximate surface area is 145 Å². The standard InChI is InChI=1S/C19H19N3O3/c1-13(23)20-16-6-3-15(4-7-16)5-12-19(25)22-18-10-8-17(9-11-18)21-14(2)24/h3-12H,1-2H3,(H,20,23)(H,21,24)(H,22,25)/b12-5+. The van der Waals surface area contributed by atoms with E-state index in [1.54, 1.807) is 54.6 Å². The van der Waals surface area contributed by atoms with Gasteiger partial charge in [0.15, 0.2) is 0 Å². The topological polar surface area (TPSA) is 87.3 Å². The van der Waals surface area contributed by atoms with E-state index in [0.717, 1.165) is 5.56 Å². The van der Waals surface area contributed by atoms with Crippen LogP contribution in [0.5, 0.6) is 0 Å². The summed E-state index contributed by atoms with van der Waals surface area (Å²) in [6, 6.07) is 14.0. The summed E-state index contributed by atoms with van der Waals surface area (Å²) < 4.78 is 0. The molecular weight excluding hydrogens is 318 g/mol. The lowest BCUT2D eigenvalue weighted by Gasteiger charge is -2.05. The molecule has 3 amide bonds. The van der Waals surface area contributed by atoms with Gasteiger partial charge >= 0.3 is 0 Å². The van der Waals surface area contributed by atoms with Crippen molar-refractivity contribution in [3.05, 3.63) is 60.2 Å². The van der Waals surface area contributed by atoms with Crippen molar-refractivity contribution in [2.24, 2.45) is 0 Å². The molecule has 0 bridgehead atoms. The van der Waals surface area contributed by atoms with Gasteiger partial charge in [0, 0.05) is 37.0 Å². The number of nitrogens with one attached hydrogen (secondary N) is 3. The third-order valence-corrected chi connectivity index (χ3v) is 3.13. The van der Waals surface area contributed by atoms with Crippen LogP contribution < -0.4 is 16.0 Å². The molecule has 0 fully saturated rings. The van der Waals surface area contributed by atoms with Crippen LogP contribution in [0.1, 0.15) is 19.4 Å². The maximum atomic E-state index is 11.9. The molecule has 25 heavy (non-hydrogen) atoms. The van der Waals surface area contributed by atoms with Gasteiger partial charge < -0.3 is 16.0 Å². The number of hydrogen-bond donors (Lipinski definition) is 3. The van der Waals surface area contributed by atoms with Gasteiger partial charge in [0.1, 0.15) is 0 Å². The molecule has 0 radical (unpaired) electrons. The average Bonchev–Trinajstić information content (AvgIpc) is 2.55. The van der Waals surface area contributed by atoms with Crippen LogP contribution in [-0.4, -0.2) is 17.7 Å². The van der Waals surface area contributed by atoms with Gasteiger partial charge in [-0.1, -0.05) is 12.1 Å². The van der Waals surface area contributed by atoms with Crippen molar-refractivity contribution in [1.29, 1.82) is 0 Å². The van der Waals surface area contributed by atoms with Crippen molar-refractivity contribution in [3.63, 3.8) is 0 Å². The summed E-state index contributed by atoms with van der Waals surface area (Å²) in [7, 11) is 0. The Morgan fingerprint density at radius 2 is 1.08 bits per heavy atom. The molecule has 0 spiro atoms. The van der Waals surface area contributed by atoms with E-state index in [0.29, 0.717) is 17.1 Å². The minimum absolute atomic E-state index is 0.132. The minimum atomic E-state index is -0.266. The molecule has 0 saturated carbocycles. The number of carbonyl (C=O) groups is 3. The number of carbonyl (C=O) groups excluding carboxylic acids is 3. The van der Waals surface area contributed by atoms with Gasteiger partial charge in [-0.3, -0.25) is 14.4 Å². The molecule has 6 heteroatoms. The lowest BCUT2D eigenvalue weighted by atomic mass is 10.2. The summed E-state index contributed by atoms with van der Waals surface area (Å²) >= 11 is 0. The first-order valence-electron chi connectivity index (χ1n) is 7.67. The smallest absolute Gasteiger partial charge is 0.248 e. The number of rotatable bonds is 5. The maximum absolute atomic E-state index is 11.9. The molecule has 128 valence electrons. The van der Waals surface area contributed by atoms with Gasteiger partial charge in [0.05, 0.1) is 0 Å². The molecule has 6 nitrogen and oxygen atoms in total. The second-order valence-electron chi connectivity index (χ2n) is 5.38. The Hall–Kier alpha value is -3.41. The van der Waals surface area contributed by atoms with E-state index in [1.807, 2.05) is 0 Å². The van der Waals surface area contributed by atoms with Crippen LogP contribution in [0.25, 0.3) is 6.08 Å². The zero-order chi connectivity index (χ0) is 18.2. The van der Waals surface area contributed by atoms with E-state index >= 15 is 0 Å². The highest BCUT2D eigenvalue weighted by Gasteiger charge is 2.00. The predicted molar refractivity (Wildman–Crippen MR) is 99.2 cm³/mol. The molecular formula is C19H19N3O3. The zero-order valence-electron chi connectivity index (χ0n) is 14.0. The Morgan fingerprint density at radius 3 is 1.52 bits per heavy atom. The predicted octanol–water partition coefficient (Wildman–Crippen LogP) is 3.26. The molecule has 2 aromatic carbocycles. The van der Waals surface area contributed by atoms with Gasteiger partial charge in [-0.05, 0) is 48.0 Å². The lowest BCUT2D eigenvalue weighted by molar-refractivity contribution is -0.115. The molecule has 0 unspecified atom stereocenters. The van der Waals surface area contributed by atoms with E-state index in [1.165, 1.54) is 19.9 Å². The molecule has 0 aromatic heterocycles. The SMILES string of the molecule is CC(=O)Nc1ccc(/C=C/C(=O)Nc2ccc(NC(C)=O)cc2)cc1. The maximum Gasteiger partial charge on any atom is 0.248 e. The van der Waals surface area contributed by atoms with E-state index in [-0.39, 0.29) is 17.7 Å². The fourth-order valence-electron chi connectivity index (χ4n) is 2.08. The number of hydrogen-bond acceptors (Lipinski definition) is 3. The van der Waals surface area contributed by atoms with Crippen LogP contribution in [-0.2, 0) is 14.4 Å². The molecule has 0 aliphatic rings. The van der Waals surface area contributed by atoms with Crippen LogP contribution in [0.15, 0.2) is 54.6 Å². The van der Waals surface area contributed by atoms with Gasteiger partial charge in [-0.25, -0.2) is 0 Å². The lowest BCUT2D eigenvalue weighted by Crippen LogP contribution is -2.08. The fourth-order valence-corrected chi connectivity index (χ4v) is 2.08. The molecule has 0 aliphatic heterocycles. The highest BCUT2D eigenvalue weighted by Crippen LogP contribution is 2.14. The summed E-state index contributed by atoms with van der Waals surface area (Å²) in [4.78, 5) is 33.9. The first-order valence-corrected chi connectivity index (χ1v) is 7.67. The van der Waals surface area contributed by atoms with Crippen molar-refractivity contribution in [2.45, 2.75) is 13.8 Å². The van der Waals surface area contributed by atoms with E-state index < -0.39 is 0 Å². The van der Waals surface area contributed by atoms with Crippen molar-refractivity contribution >= 4 is 40.9 Å². The van der Waals surface area contributed by atoms with Crippen molar-refractivity contribution in [3.8, 4) is 0 Å². The summed E-state index contributed by atoms with van der Waals surface area (Å²) in [5.41, 5.74) is 2.84. The van der Waals surface area contributed by atoms with Crippen LogP contribution in [0, 0.1) is 0 Å². The van der Waals surface area contributed by atoms with Crippen molar-refractivity contribution < 1.29 is 14.4 Å². The molecule has 2 aromatic rings. The van der Waals surface area contributed by atoms with Crippen LogP contribution in [0.2, 0.25) is 0 Å². The summed E-state index contributed by atoms with van der Waals surface area (Å²) in [5, 5.41) is 8.07. The first kappa shape index (κ1) is 17.9. The van der Waals surface area contributed by atoms with Crippen molar-refractivity contribution in [2.75, 3.05) is 16.0 Å². The highest BCUT2D eigenvalue weighted by atomic mass is 16.2. The Morgan fingerprint density at radius 1 is 0.680 bits per heavy atom. The van der Waals surface area contributed by atoms with Gasteiger partial charge in [-0.2, -0.15) is 0 Å². The molecule has 0 heterocycles. The average molecular weight is 337 g/mol. The Bertz CT molecular complexity index is 794. The molecule has 2 rings (SSSR count).